The maximum atomic E-state index is 12.3. The minimum absolute atomic E-state index is 0.0686. The third-order valence-electron chi connectivity index (χ3n) is 4.26. The molecule has 2 unspecified atom stereocenters. The van der Waals surface area contributed by atoms with Gasteiger partial charge in [0.05, 0.1) is 5.01 Å². The largest absolute Gasteiger partial charge is 0.348 e. The number of hydrogen-bond donors (Lipinski definition) is 2. The third-order valence-corrected chi connectivity index (χ3v) is 5.11. The summed E-state index contributed by atoms with van der Waals surface area (Å²) in [6.07, 6.45) is 4.04. The molecule has 22 heavy (non-hydrogen) atoms. The molecule has 1 aliphatic rings. The molecule has 3 N–H and O–H groups in total. The average Bonchev–Trinajstić information content (AvgIpc) is 3.17. The van der Waals surface area contributed by atoms with E-state index >= 15 is 0 Å². The summed E-state index contributed by atoms with van der Waals surface area (Å²) in [5.41, 5.74) is 7.50. The van der Waals surface area contributed by atoms with E-state index < -0.39 is 0 Å². The highest BCUT2D eigenvalue weighted by atomic mass is 32.1. The highest BCUT2D eigenvalue weighted by Gasteiger charge is 2.28. The van der Waals surface area contributed by atoms with Gasteiger partial charge in [-0.3, -0.25) is 4.79 Å². The summed E-state index contributed by atoms with van der Waals surface area (Å²) in [5, 5.41) is 5.92. The standard InChI is InChI=1S/C17H21N3OS/c18-10-13-7-4-8-14(13)20-17(21)15-11-22-16(19-15)9-12-5-2-1-3-6-12/h1-3,5-6,11,13-14H,4,7-10,18H2,(H,20,21). The van der Waals surface area contributed by atoms with Gasteiger partial charge in [0.15, 0.2) is 0 Å². The molecule has 1 aromatic carbocycles. The molecule has 2 atom stereocenters. The fraction of sp³-hybridized carbons (Fsp3) is 0.412. The molecular formula is C17H21N3OS. The van der Waals surface area contributed by atoms with Crippen LogP contribution in [0.1, 0.15) is 40.3 Å². The molecule has 0 aliphatic heterocycles. The molecule has 1 amide bonds. The van der Waals surface area contributed by atoms with Crippen LogP contribution in [0.4, 0.5) is 0 Å². The van der Waals surface area contributed by atoms with Crippen LogP contribution in [0.2, 0.25) is 0 Å². The molecule has 3 rings (SSSR count). The maximum Gasteiger partial charge on any atom is 0.270 e. The summed E-state index contributed by atoms with van der Waals surface area (Å²) in [5.74, 6) is 0.340. The Bertz CT molecular complexity index is 626. The molecule has 0 radical (unpaired) electrons. The third kappa shape index (κ3) is 3.54. The summed E-state index contributed by atoms with van der Waals surface area (Å²) in [7, 11) is 0. The summed E-state index contributed by atoms with van der Waals surface area (Å²) in [4.78, 5) is 16.8. The van der Waals surface area contributed by atoms with Crippen molar-refractivity contribution in [3.8, 4) is 0 Å². The van der Waals surface area contributed by atoms with Crippen molar-refractivity contribution in [1.29, 1.82) is 0 Å². The van der Waals surface area contributed by atoms with E-state index in [-0.39, 0.29) is 11.9 Å². The molecule has 1 saturated carbocycles. The van der Waals surface area contributed by atoms with Crippen LogP contribution in [0.15, 0.2) is 35.7 Å². The van der Waals surface area contributed by atoms with Crippen molar-refractivity contribution in [2.75, 3.05) is 6.54 Å². The van der Waals surface area contributed by atoms with Gasteiger partial charge in [0, 0.05) is 17.8 Å². The van der Waals surface area contributed by atoms with E-state index in [0.717, 1.165) is 30.7 Å². The number of benzene rings is 1. The first-order valence-corrected chi connectivity index (χ1v) is 8.63. The number of nitrogens with zero attached hydrogens (tertiary/aromatic N) is 1. The first-order chi connectivity index (χ1) is 10.8. The quantitative estimate of drug-likeness (QED) is 0.891. The van der Waals surface area contributed by atoms with Crippen molar-refractivity contribution in [3.63, 3.8) is 0 Å². The van der Waals surface area contributed by atoms with Crippen LogP contribution in [0, 0.1) is 5.92 Å². The van der Waals surface area contributed by atoms with Crippen LogP contribution in [-0.2, 0) is 6.42 Å². The molecule has 1 fully saturated rings. The number of hydrogen-bond acceptors (Lipinski definition) is 4. The number of nitrogens with one attached hydrogen (secondary N) is 1. The van der Waals surface area contributed by atoms with E-state index in [0.29, 0.717) is 18.2 Å². The zero-order valence-corrected chi connectivity index (χ0v) is 13.3. The molecule has 1 aliphatic carbocycles. The van der Waals surface area contributed by atoms with Crippen LogP contribution in [0.3, 0.4) is 0 Å². The minimum Gasteiger partial charge on any atom is -0.348 e. The van der Waals surface area contributed by atoms with Crippen molar-refractivity contribution >= 4 is 17.2 Å². The van der Waals surface area contributed by atoms with Crippen molar-refractivity contribution < 1.29 is 4.79 Å². The monoisotopic (exact) mass is 315 g/mol. The molecule has 1 aromatic heterocycles. The molecule has 4 nitrogen and oxygen atoms in total. The number of carbonyl (C=O) groups excluding carboxylic acids is 1. The highest BCUT2D eigenvalue weighted by Crippen LogP contribution is 2.25. The van der Waals surface area contributed by atoms with Gasteiger partial charge in [-0.15, -0.1) is 11.3 Å². The average molecular weight is 315 g/mol. The van der Waals surface area contributed by atoms with Gasteiger partial charge < -0.3 is 11.1 Å². The topological polar surface area (TPSA) is 68.0 Å². The van der Waals surface area contributed by atoms with E-state index in [1.807, 2.05) is 23.6 Å². The lowest BCUT2D eigenvalue weighted by atomic mass is 10.0. The predicted molar refractivity (Wildman–Crippen MR) is 89.0 cm³/mol. The van der Waals surface area contributed by atoms with Crippen molar-refractivity contribution in [2.45, 2.75) is 31.7 Å². The Morgan fingerprint density at radius 1 is 1.32 bits per heavy atom. The Hall–Kier alpha value is -1.72. The molecule has 116 valence electrons. The van der Waals surface area contributed by atoms with Crippen molar-refractivity contribution in [3.05, 3.63) is 52.0 Å². The molecule has 1 heterocycles. The Morgan fingerprint density at radius 3 is 2.91 bits per heavy atom. The summed E-state index contributed by atoms with van der Waals surface area (Å²) in [6.45, 7) is 0.640. The maximum absolute atomic E-state index is 12.3. The van der Waals surface area contributed by atoms with Crippen LogP contribution < -0.4 is 11.1 Å². The zero-order valence-electron chi connectivity index (χ0n) is 12.5. The lowest BCUT2D eigenvalue weighted by molar-refractivity contribution is 0.0924. The molecule has 0 spiro atoms. The lowest BCUT2D eigenvalue weighted by Gasteiger charge is -2.18. The summed E-state index contributed by atoms with van der Waals surface area (Å²) in [6, 6.07) is 10.4. The molecule has 0 bridgehead atoms. The second-order valence-corrected chi connectivity index (χ2v) is 6.74. The van der Waals surface area contributed by atoms with Crippen molar-refractivity contribution in [2.24, 2.45) is 11.7 Å². The second kappa shape index (κ2) is 7.03. The number of rotatable bonds is 5. The fourth-order valence-corrected chi connectivity index (χ4v) is 3.83. The van der Waals surface area contributed by atoms with Gasteiger partial charge in [0.25, 0.3) is 5.91 Å². The van der Waals surface area contributed by atoms with Crippen LogP contribution in [-0.4, -0.2) is 23.5 Å². The SMILES string of the molecule is NCC1CCCC1NC(=O)c1csc(Cc2ccccc2)n1. The van der Waals surface area contributed by atoms with Gasteiger partial charge in [-0.1, -0.05) is 36.8 Å². The van der Waals surface area contributed by atoms with E-state index in [1.165, 1.54) is 5.56 Å². The Labute approximate surface area is 134 Å². The minimum atomic E-state index is -0.0686. The van der Waals surface area contributed by atoms with E-state index in [1.54, 1.807) is 11.3 Å². The second-order valence-electron chi connectivity index (χ2n) is 5.80. The van der Waals surface area contributed by atoms with Gasteiger partial charge >= 0.3 is 0 Å². The molecular weight excluding hydrogens is 294 g/mol. The normalized spacial score (nSPS) is 21.0. The van der Waals surface area contributed by atoms with E-state index in [2.05, 4.69) is 22.4 Å². The van der Waals surface area contributed by atoms with E-state index in [9.17, 15) is 4.79 Å². The van der Waals surface area contributed by atoms with Gasteiger partial charge in [0.1, 0.15) is 5.69 Å². The van der Waals surface area contributed by atoms with Crippen LogP contribution in [0.5, 0.6) is 0 Å². The number of nitrogens with two attached hydrogens (primary N) is 1. The number of aromatic nitrogens is 1. The van der Waals surface area contributed by atoms with Gasteiger partial charge in [0.2, 0.25) is 0 Å². The highest BCUT2D eigenvalue weighted by molar-refractivity contribution is 7.09. The van der Waals surface area contributed by atoms with Gasteiger partial charge in [-0.2, -0.15) is 0 Å². The number of carbonyl (C=O) groups is 1. The first kappa shape index (κ1) is 15.2. The van der Waals surface area contributed by atoms with Gasteiger partial charge in [-0.05, 0) is 30.9 Å². The fourth-order valence-electron chi connectivity index (χ4n) is 3.02. The molecule has 2 aromatic rings. The number of amides is 1. The zero-order chi connectivity index (χ0) is 15.4. The Balaban J connectivity index is 1.62. The number of thiazole rings is 1. The summed E-state index contributed by atoms with van der Waals surface area (Å²) >= 11 is 1.54. The first-order valence-electron chi connectivity index (χ1n) is 7.75. The van der Waals surface area contributed by atoms with Crippen LogP contribution in [0.25, 0.3) is 0 Å². The van der Waals surface area contributed by atoms with Crippen LogP contribution >= 0.6 is 11.3 Å². The van der Waals surface area contributed by atoms with Gasteiger partial charge in [-0.25, -0.2) is 4.98 Å². The Morgan fingerprint density at radius 2 is 2.14 bits per heavy atom. The predicted octanol–water partition coefficient (Wildman–Crippen LogP) is 2.59. The Kier molecular flexibility index (Phi) is 4.85. The molecule has 5 heteroatoms. The van der Waals surface area contributed by atoms with Crippen molar-refractivity contribution in [1.82, 2.24) is 10.3 Å². The summed E-state index contributed by atoms with van der Waals surface area (Å²) < 4.78 is 0. The lowest BCUT2D eigenvalue weighted by Crippen LogP contribution is -2.40. The molecule has 0 saturated heterocycles. The van der Waals surface area contributed by atoms with E-state index in [4.69, 9.17) is 5.73 Å². The smallest absolute Gasteiger partial charge is 0.270 e.